The number of carbonyl (C=O) groups excluding carboxylic acids is 3. The maximum absolute atomic E-state index is 12.8. The zero-order valence-corrected chi connectivity index (χ0v) is 39.1. The van der Waals surface area contributed by atoms with Crippen molar-refractivity contribution in [1.29, 1.82) is 0 Å². The molecular formula is C47H61N13O9. The summed E-state index contributed by atoms with van der Waals surface area (Å²) in [6.07, 6.45) is 4.26. The summed E-state index contributed by atoms with van der Waals surface area (Å²) in [4.78, 5) is 86.2. The van der Waals surface area contributed by atoms with Gasteiger partial charge in [-0.2, -0.15) is 4.98 Å². The molecule has 4 heterocycles. The van der Waals surface area contributed by atoms with Gasteiger partial charge in [0.15, 0.2) is 17.0 Å². The number of rotatable bonds is 28. The molecular weight excluding hydrogens is 891 g/mol. The van der Waals surface area contributed by atoms with Crippen molar-refractivity contribution in [3.63, 3.8) is 0 Å². The van der Waals surface area contributed by atoms with Gasteiger partial charge >= 0.3 is 5.97 Å². The number of benzene rings is 2. The first-order valence-corrected chi connectivity index (χ1v) is 22.9. The van der Waals surface area contributed by atoms with Crippen LogP contribution in [0.3, 0.4) is 0 Å². The van der Waals surface area contributed by atoms with E-state index >= 15 is 0 Å². The van der Waals surface area contributed by atoms with Crippen LogP contribution in [0.5, 0.6) is 0 Å². The molecule has 6 aromatic rings. The highest BCUT2D eigenvalue weighted by molar-refractivity contribution is 6.06. The summed E-state index contributed by atoms with van der Waals surface area (Å²) in [5, 5.41) is 22.0. The third-order valence-electron chi connectivity index (χ3n) is 10.9. The number of pyridine rings is 1. The molecule has 0 aliphatic heterocycles. The second-order valence-electron chi connectivity index (χ2n) is 17.1. The zero-order chi connectivity index (χ0) is 49.3. The minimum atomic E-state index is -1.29. The number of ether oxygens (including phenoxy) is 3. The molecule has 6 rings (SSSR count). The number of carboxylic acid groups (broad SMARTS) is 1. The molecule has 69 heavy (non-hydrogen) atoms. The van der Waals surface area contributed by atoms with Gasteiger partial charge in [-0.1, -0.05) is 45.4 Å². The van der Waals surface area contributed by atoms with Crippen LogP contribution in [0.2, 0.25) is 0 Å². The lowest BCUT2D eigenvalue weighted by Gasteiger charge is -2.27. The SMILES string of the molecule is CCCCc1nc2c(N)nc3ccccc3c2n1CC(C)(C)CNC(=O)CCOCCOCCOCCNC(=O)CCC(NC(=O)c1ccc(NCc2cnc3nc(N)[nH]c(=O)c3n2)cc1)C(=O)O. The minimum absolute atomic E-state index is 0.0496. The molecule has 0 saturated carbocycles. The van der Waals surface area contributed by atoms with Gasteiger partial charge in [-0.15, -0.1) is 0 Å². The van der Waals surface area contributed by atoms with Crippen molar-refractivity contribution in [3.8, 4) is 0 Å². The Bertz CT molecular complexity index is 2780. The third kappa shape index (κ3) is 14.8. The number of hydrogen-bond acceptors (Lipinski definition) is 16. The Hall–Kier alpha value is -7.30. The summed E-state index contributed by atoms with van der Waals surface area (Å²) in [6.45, 7) is 9.56. The molecule has 0 aliphatic rings. The average molecular weight is 952 g/mol. The molecule has 0 fully saturated rings. The summed E-state index contributed by atoms with van der Waals surface area (Å²) < 4.78 is 18.9. The highest BCUT2D eigenvalue weighted by atomic mass is 16.5. The van der Waals surface area contributed by atoms with E-state index in [1.165, 1.54) is 18.3 Å². The molecule has 0 bridgehead atoms. The Labute approximate surface area is 397 Å². The maximum Gasteiger partial charge on any atom is 0.326 e. The van der Waals surface area contributed by atoms with Gasteiger partial charge < -0.3 is 56.6 Å². The van der Waals surface area contributed by atoms with Crippen molar-refractivity contribution in [1.82, 2.24) is 50.4 Å². The number of carboxylic acids is 1. The number of carbonyl (C=O) groups is 4. The van der Waals surface area contributed by atoms with E-state index in [9.17, 15) is 29.1 Å². The van der Waals surface area contributed by atoms with Crippen LogP contribution in [-0.2, 0) is 48.1 Å². The molecule has 10 N–H and O–H groups in total. The van der Waals surface area contributed by atoms with Crippen LogP contribution in [0.25, 0.3) is 33.1 Å². The van der Waals surface area contributed by atoms with Gasteiger partial charge in [0.05, 0.1) is 69.1 Å². The molecule has 1 atom stereocenters. The molecule has 2 aromatic carbocycles. The van der Waals surface area contributed by atoms with Gasteiger partial charge in [0.2, 0.25) is 17.8 Å². The van der Waals surface area contributed by atoms with Crippen molar-refractivity contribution < 1.29 is 38.5 Å². The summed E-state index contributed by atoms with van der Waals surface area (Å²) in [6, 6.07) is 12.9. The first-order valence-electron chi connectivity index (χ1n) is 22.9. The van der Waals surface area contributed by atoms with E-state index in [1.54, 1.807) is 12.1 Å². The van der Waals surface area contributed by atoms with E-state index < -0.39 is 23.5 Å². The highest BCUT2D eigenvalue weighted by Crippen LogP contribution is 2.32. The van der Waals surface area contributed by atoms with Crippen LogP contribution >= 0.6 is 0 Å². The molecule has 1 unspecified atom stereocenters. The zero-order valence-electron chi connectivity index (χ0n) is 39.1. The Kier molecular flexibility index (Phi) is 18.2. The van der Waals surface area contributed by atoms with Crippen molar-refractivity contribution >= 4 is 74.2 Å². The van der Waals surface area contributed by atoms with E-state index in [1.807, 2.05) is 24.3 Å². The number of aromatic amines is 1. The summed E-state index contributed by atoms with van der Waals surface area (Å²) in [5.74, 6) is -1.07. The fraction of sp³-hybridized carbons (Fsp3) is 0.447. The largest absolute Gasteiger partial charge is 0.480 e. The number of fused-ring (bicyclic) bond motifs is 4. The van der Waals surface area contributed by atoms with Crippen LogP contribution in [0.4, 0.5) is 17.5 Å². The lowest BCUT2D eigenvalue weighted by molar-refractivity contribution is -0.139. The second-order valence-corrected chi connectivity index (χ2v) is 17.1. The van der Waals surface area contributed by atoms with Gasteiger partial charge in [0.1, 0.15) is 17.4 Å². The lowest BCUT2D eigenvalue weighted by Crippen LogP contribution is -2.41. The molecule has 0 spiro atoms. The number of anilines is 3. The molecule has 3 amide bonds. The summed E-state index contributed by atoms with van der Waals surface area (Å²) in [5.41, 5.74) is 15.1. The Balaban J connectivity index is 0.787. The number of H-pyrrole nitrogens is 1. The number of nitrogens with zero attached hydrogens (tertiary/aromatic N) is 6. The summed E-state index contributed by atoms with van der Waals surface area (Å²) >= 11 is 0. The van der Waals surface area contributed by atoms with Gasteiger partial charge in [0.25, 0.3) is 11.5 Å². The smallest absolute Gasteiger partial charge is 0.326 e. The second kappa shape index (κ2) is 24.6. The highest BCUT2D eigenvalue weighted by Gasteiger charge is 2.26. The number of unbranched alkanes of at least 4 members (excludes halogenated alkanes) is 1. The Morgan fingerprint density at radius 3 is 2.30 bits per heavy atom. The van der Waals surface area contributed by atoms with E-state index in [2.05, 4.69) is 71.5 Å². The van der Waals surface area contributed by atoms with Gasteiger partial charge in [-0.25, -0.2) is 24.7 Å². The van der Waals surface area contributed by atoms with Crippen LogP contribution in [0.15, 0.2) is 59.5 Å². The Morgan fingerprint density at radius 1 is 0.855 bits per heavy atom. The number of aliphatic carboxylic acids is 1. The van der Waals surface area contributed by atoms with Crippen molar-refractivity contribution in [2.24, 2.45) is 5.41 Å². The number of para-hydroxylation sites is 1. The standard InChI is InChI=1S/C47H61N13O9/c1-4-5-10-35-57-38-40(32-8-6-7-9-33(32)55-41(38)48)60(35)28-47(2,3)27-53-37(62)17-19-67-21-23-69-24-22-68-20-18-50-36(61)16-15-34(45(65)66)56-43(63)29-11-13-30(14-12-29)51-25-31-26-52-42-39(54-31)44(64)59-46(49)58-42/h6-9,11-14,26,34,51H,4-5,10,15-25,27-28H2,1-3H3,(H2,48,55)(H,50,61)(H,53,62)(H,56,63)(H,65,66)(H3,49,52,58,59,64). The number of nitrogen functional groups attached to an aromatic ring is 2. The number of hydrogen-bond donors (Lipinski definition) is 8. The summed E-state index contributed by atoms with van der Waals surface area (Å²) in [7, 11) is 0. The van der Waals surface area contributed by atoms with E-state index in [-0.39, 0.29) is 92.1 Å². The molecule has 0 saturated heterocycles. The average Bonchev–Trinajstić information content (AvgIpc) is 3.68. The van der Waals surface area contributed by atoms with Crippen molar-refractivity contribution in [3.05, 3.63) is 82.2 Å². The van der Waals surface area contributed by atoms with Gasteiger partial charge in [0, 0.05) is 60.9 Å². The molecule has 4 aromatic heterocycles. The quantitative estimate of drug-likeness (QED) is 0.0328. The van der Waals surface area contributed by atoms with Crippen LogP contribution in [0, 0.1) is 5.41 Å². The number of nitrogens with one attached hydrogen (secondary N) is 5. The molecule has 22 heteroatoms. The van der Waals surface area contributed by atoms with Crippen molar-refractivity contribution in [2.75, 3.05) is 69.5 Å². The predicted molar refractivity (Wildman–Crippen MR) is 259 cm³/mol. The van der Waals surface area contributed by atoms with Crippen LogP contribution in [-0.4, -0.2) is 122 Å². The third-order valence-corrected chi connectivity index (χ3v) is 10.9. The van der Waals surface area contributed by atoms with E-state index in [0.29, 0.717) is 55.6 Å². The topological polar surface area (TPSA) is 319 Å². The van der Waals surface area contributed by atoms with Crippen molar-refractivity contribution in [2.45, 2.75) is 78.4 Å². The number of imidazole rings is 1. The predicted octanol–water partition coefficient (Wildman–Crippen LogP) is 3.09. The van der Waals surface area contributed by atoms with E-state index in [0.717, 1.165) is 41.5 Å². The number of nitrogens with two attached hydrogens (primary N) is 2. The van der Waals surface area contributed by atoms with E-state index in [4.69, 9.17) is 30.7 Å². The normalized spacial score (nSPS) is 12.0. The number of aromatic nitrogens is 7. The first-order chi connectivity index (χ1) is 33.2. The number of aryl methyl sites for hydroxylation is 1. The van der Waals surface area contributed by atoms with Gasteiger partial charge in [-0.05, 0) is 43.2 Å². The first kappa shape index (κ1) is 51.1. The fourth-order valence-corrected chi connectivity index (χ4v) is 7.33. The Morgan fingerprint density at radius 2 is 1.57 bits per heavy atom. The molecule has 22 nitrogen and oxygen atoms in total. The van der Waals surface area contributed by atoms with Crippen LogP contribution in [0.1, 0.15) is 74.8 Å². The number of amides is 3. The molecule has 0 aliphatic carbocycles. The molecule has 0 radical (unpaired) electrons. The lowest BCUT2D eigenvalue weighted by atomic mass is 9.93. The maximum atomic E-state index is 12.8. The fourth-order valence-electron chi connectivity index (χ4n) is 7.33. The monoisotopic (exact) mass is 951 g/mol. The molecule has 368 valence electrons. The van der Waals surface area contributed by atoms with Crippen LogP contribution < -0.4 is 38.3 Å². The van der Waals surface area contributed by atoms with Gasteiger partial charge in [-0.3, -0.25) is 24.2 Å². The minimum Gasteiger partial charge on any atom is -0.480 e.